The van der Waals surface area contributed by atoms with Crippen molar-refractivity contribution in [2.75, 3.05) is 31.1 Å². The van der Waals surface area contributed by atoms with Gasteiger partial charge >= 0.3 is 12.3 Å². The van der Waals surface area contributed by atoms with E-state index in [0.29, 0.717) is 26.1 Å². The van der Waals surface area contributed by atoms with E-state index in [-0.39, 0.29) is 41.4 Å². The third-order valence-corrected chi connectivity index (χ3v) is 6.89. The molecule has 0 bridgehead atoms. The van der Waals surface area contributed by atoms with Crippen molar-refractivity contribution < 1.29 is 36.6 Å². The number of aromatic hydroxyl groups is 1. The van der Waals surface area contributed by atoms with Crippen molar-refractivity contribution in [1.82, 2.24) is 24.6 Å². The van der Waals surface area contributed by atoms with Crippen LogP contribution in [0.1, 0.15) is 18.1 Å². The second-order valence-electron chi connectivity index (χ2n) is 9.51. The van der Waals surface area contributed by atoms with Gasteiger partial charge in [-0.3, -0.25) is 0 Å². The summed E-state index contributed by atoms with van der Waals surface area (Å²) in [5.74, 6) is -5.18. The van der Waals surface area contributed by atoms with Gasteiger partial charge in [0, 0.05) is 38.4 Å². The van der Waals surface area contributed by atoms with Gasteiger partial charge in [-0.05, 0) is 25.0 Å². The maximum Gasteiger partial charge on any atom is 0.419 e. The maximum absolute atomic E-state index is 14.8. The van der Waals surface area contributed by atoms with Crippen molar-refractivity contribution in [3.63, 3.8) is 0 Å². The Kier molecular flexibility index (Phi) is 7.41. The van der Waals surface area contributed by atoms with Crippen molar-refractivity contribution in [3.05, 3.63) is 65.4 Å². The van der Waals surface area contributed by atoms with Crippen molar-refractivity contribution >= 4 is 23.1 Å². The number of ether oxygens (including phenoxy) is 1. The van der Waals surface area contributed by atoms with Crippen LogP contribution < -0.4 is 4.90 Å². The number of phenols is 1. The summed E-state index contributed by atoms with van der Waals surface area (Å²) in [6, 6.07) is 9.64. The Labute approximate surface area is 230 Å². The monoisotopic (exact) mass is 576 g/mol. The second kappa shape index (κ2) is 10.8. The first kappa shape index (κ1) is 28.1. The zero-order valence-corrected chi connectivity index (χ0v) is 22.0. The summed E-state index contributed by atoms with van der Waals surface area (Å²) in [6.45, 7) is 2.99. The molecule has 41 heavy (non-hydrogen) atoms. The minimum Gasteiger partial charge on any atom is -0.503 e. The van der Waals surface area contributed by atoms with Crippen LogP contribution in [0.15, 0.2) is 42.6 Å². The molecule has 5 rings (SSSR count). The van der Waals surface area contributed by atoms with Crippen LogP contribution in [0.2, 0.25) is 0 Å². The highest BCUT2D eigenvalue weighted by atomic mass is 19.4. The van der Waals surface area contributed by atoms with Crippen LogP contribution in [0.3, 0.4) is 0 Å². The molecule has 14 heteroatoms. The normalized spacial score (nSPS) is 15.9. The summed E-state index contributed by atoms with van der Waals surface area (Å²) in [4.78, 5) is 25.0. The van der Waals surface area contributed by atoms with Gasteiger partial charge in [-0.2, -0.15) is 23.3 Å². The molecule has 1 atom stereocenters. The number of hydrogen-bond donors (Lipinski definition) is 1. The molecule has 9 nitrogen and oxygen atoms in total. The highest BCUT2D eigenvalue weighted by Crippen LogP contribution is 2.41. The number of rotatable bonds is 5. The van der Waals surface area contributed by atoms with Gasteiger partial charge in [-0.1, -0.05) is 30.3 Å². The van der Waals surface area contributed by atoms with Crippen LogP contribution in [0.5, 0.6) is 5.75 Å². The Morgan fingerprint density at radius 1 is 1.15 bits per heavy atom. The largest absolute Gasteiger partial charge is 0.503 e. The zero-order chi connectivity index (χ0) is 29.5. The molecule has 1 saturated heterocycles. The number of alkyl halides is 3. The van der Waals surface area contributed by atoms with Crippen LogP contribution >= 0.6 is 0 Å². The summed E-state index contributed by atoms with van der Waals surface area (Å²) in [5, 5.41) is 14.0. The Bertz CT molecular complexity index is 1590. The number of carbonyl (C=O) groups excluding carboxylic acids is 1. The predicted octanol–water partition coefficient (Wildman–Crippen LogP) is 4.92. The van der Waals surface area contributed by atoms with Gasteiger partial charge in [-0.15, -0.1) is 0 Å². The third-order valence-electron chi connectivity index (χ3n) is 6.89. The lowest BCUT2D eigenvalue weighted by molar-refractivity contribution is -0.140. The molecule has 1 N–H and O–H groups in total. The first-order valence-electron chi connectivity index (χ1n) is 12.7. The molecule has 1 aliphatic heterocycles. The minimum absolute atomic E-state index is 0.0963. The third kappa shape index (κ3) is 5.33. The minimum atomic E-state index is -5.18. The number of carbonyl (C=O) groups is 1. The lowest BCUT2D eigenvalue weighted by Gasteiger charge is -2.41. The molecular weight excluding hydrogens is 551 g/mol. The number of hydrogen-bond acceptors (Lipinski definition) is 7. The molecule has 4 aromatic rings. The van der Waals surface area contributed by atoms with E-state index in [1.165, 1.54) is 17.9 Å². The first-order chi connectivity index (χ1) is 19.5. The molecule has 2 aromatic heterocycles. The standard InChI is InChI=1S/C27H25F5N6O3/c1-3-41-26(40)37-9-10-38(16(14-37)11-15-7-5-4-6-8-15)25-33-13-18-22(35-36(2)24(18)34-25)17-12-19(27(30,31)32)21(29)23(39)20(17)28/h4-8,12-13,16,39H,3,9-11,14H2,1-2H3/t16-/m1/s1. The van der Waals surface area contributed by atoms with Gasteiger partial charge in [0.25, 0.3) is 0 Å². The number of aryl methyl sites for hydroxylation is 1. The highest BCUT2D eigenvalue weighted by Gasteiger charge is 2.38. The Morgan fingerprint density at radius 3 is 2.56 bits per heavy atom. The Balaban J connectivity index is 1.54. The fourth-order valence-corrected chi connectivity index (χ4v) is 4.93. The van der Waals surface area contributed by atoms with E-state index in [9.17, 15) is 31.9 Å². The molecule has 1 aliphatic rings. The zero-order valence-electron chi connectivity index (χ0n) is 22.0. The molecule has 1 fully saturated rings. The topological polar surface area (TPSA) is 96.6 Å². The molecule has 0 aliphatic carbocycles. The van der Waals surface area contributed by atoms with E-state index >= 15 is 0 Å². The summed E-state index contributed by atoms with van der Waals surface area (Å²) >= 11 is 0. The quantitative estimate of drug-likeness (QED) is 0.337. The number of fused-ring (bicyclic) bond motifs is 1. The van der Waals surface area contributed by atoms with Gasteiger partial charge in [-0.25, -0.2) is 23.2 Å². The van der Waals surface area contributed by atoms with E-state index in [2.05, 4.69) is 15.1 Å². The van der Waals surface area contributed by atoms with E-state index in [4.69, 9.17) is 4.74 Å². The molecule has 0 saturated carbocycles. The van der Waals surface area contributed by atoms with Gasteiger partial charge in [0.2, 0.25) is 5.95 Å². The van der Waals surface area contributed by atoms with Crippen LogP contribution in [-0.2, 0) is 24.4 Å². The van der Waals surface area contributed by atoms with E-state index in [0.717, 1.165) is 5.56 Å². The number of halogens is 5. The molecule has 2 aromatic carbocycles. The van der Waals surface area contributed by atoms with Gasteiger partial charge < -0.3 is 19.6 Å². The lowest BCUT2D eigenvalue weighted by Crippen LogP contribution is -2.56. The number of anilines is 1. The summed E-state index contributed by atoms with van der Waals surface area (Å²) < 4.78 is 75.5. The highest BCUT2D eigenvalue weighted by molar-refractivity contribution is 5.91. The van der Waals surface area contributed by atoms with Crippen molar-refractivity contribution in [1.29, 1.82) is 0 Å². The van der Waals surface area contributed by atoms with Gasteiger partial charge in [0.05, 0.1) is 23.6 Å². The predicted molar refractivity (Wildman–Crippen MR) is 138 cm³/mol. The van der Waals surface area contributed by atoms with Crippen LogP contribution in [0.4, 0.5) is 32.7 Å². The average Bonchev–Trinajstić information content (AvgIpc) is 3.27. The number of nitrogens with zero attached hydrogens (tertiary/aromatic N) is 6. The second-order valence-corrected chi connectivity index (χ2v) is 9.51. The Morgan fingerprint density at radius 2 is 1.88 bits per heavy atom. The van der Waals surface area contributed by atoms with Crippen LogP contribution in [0, 0.1) is 11.6 Å². The van der Waals surface area contributed by atoms with E-state index < -0.39 is 40.8 Å². The molecule has 0 unspecified atom stereocenters. The SMILES string of the molecule is CCOC(=O)N1CCN(c2ncc3c(-c4cc(C(F)(F)F)c(F)c(O)c4F)nn(C)c3n2)[C@H](Cc2ccccc2)C1. The lowest BCUT2D eigenvalue weighted by atomic mass is 10.0. The number of amides is 1. The molecule has 1 amide bonds. The van der Waals surface area contributed by atoms with Crippen LogP contribution in [0.25, 0.3) is 22.3 Å². The average molecular weight is 577 g/mol. The first-order valence-corrected chi connectivity index (χ1v) is 12.7. The fraction of sp³-hybridized carbons (Fsp3) is 0.333. The maximum atomic E-state index is 14.8. The number of piperazine rings is 1. The molecular formula is C27H25F5N6O3. The smallest absolute Gasteiger partial charge is 0.419 e. The van der Waals surface area contributed by atoms with E-state index in [1.54, 1.807) is 11.8 Å². The van der Waals surface area contributed by atoms with Crippen molar-refractivity contribution in [2.45, 2.75) is 25.6 Å². The number of phenolic OH excluding ortho intramolecular Hbond substituents is 1. The van der Waals surface area contributed by atoms with Crippen molar-refractivity contribution in [3.8, 4) is 17.0 Å². The fourth-order valence-electron chi connectivity index (χ4n) is 4.93. The van der Waals surface area contributed by atoms with Crippen molar-refractivity contribution in [2.24, 2.45) is 7.05 Å². The van der Waals surface area contributed by atoms with E-state index in [1.807, 2.05) is 35.2 Å². The molecule has 0 spiro atoms. The summed E-state index contributed by atoms with van der Waals surface area (Å²) in [6.07, 6.45) is -3.77. The van der Waals surface area contributed by atoms with Gasteiger partial charge in [0.15, 0.2) is 23.0 Å². The Hall–Kier alpha value is -4.49. The molecule has 3 heterocycles. The van der Waals surface area contributed by atoms with Gasteiger partial charge in [0.1, 0.15) is 5.69 Å². The number of benzene rings is 2. The summed E-state index contributed by atoms with van der Waals surface area (Å²) in [5.41, 5.74) is -1.67. The molecule has 0 radical (unpaired) electrons. The molecule has 216 valence electrons. The summed E-state index contributed by atoms with van der Waals surface area (Å²) in [7, 11) is 1.47. The van der Waals surface area contributed by atoms with Crippen LogP contribution in [-0.4, -0.2) is 68.1 Å². The number of aromatic nitrogens is 4.